The van der Waals surface area contributed by atoms with Crippen molar-refractivity contribution in [2.75, 3.05) is 10.5 Å². The van der Waals surface area contributed by atoms with Crippen molar-refractivity contribution in [3.05, 3.63) is 23.3 Å². The van der Waals surface area contributed by atoms with Gasteiger partial charge in [0.25, 0.3) is 10.0 Å². The number of nitrogen functional groups attached to an aromatic ring is 1. The highest BCUT2D eigenvalue weighted by molar-refractivity contribution is 7.93. The molecule has 2 aromatic heterocycles. The number of aromatic nitrogens is 2. The number of rotatable bonds is 3. The molecule has 18 heavy (non-hydrogen) atoms. The Labute approximate surface area is 108 Å². The topological polar surface area (TPSA) is 114 Å². The molecule has 0 fully saturated rings. The first-order valence-corrected chi connectivity index (χ1v) is 7.09. The maximum absolute atomic E-state index is 12.1. The molecule has 7 nitrogen and oxygen atoms in total. The average molecular weight is 283 g/mol. The third kappa shape index (κ3) is 2.03. The molecule has 0 bridgehead atoms. The summed E-state index contributed by atoms with van der Waals surface area (Å²) in [6, 6.07) is 3.44. The van der Waals surface area contributed by atoms with E-state index in [9.17, 15) is 8.42 Å². The van der Waals surface area contributed by atoms with Crippen molar-refractivity contribution < 1.29 is 8.42 Å². The Morgan fingerprint density at radius 3 is 2.89 bits per heavy atom. The van der Waals surface area contributed by atoms with E-state index in [1.807, 2.05) is 6.07 Å². The normalized spacial score (nSPS) is 11.1. The van der Waals surface area contributed by atoms with E-state index in [0.29, 0.717) is 0 Å². The van der Waals surface area contributed by atoms with E-state index in [0.717, 1.165) is 11.3 Å². The molecule has 0 aliphatic rings. The van der Waals surface area contributed by atoms with Crippen molar-refractivity contribution in [3.63, 3.8) is 0 Å². The maximum atomic E-state index is 12.1. The standard InChI is InChI=1S/C9H9N5O2S2/c1-14-5-12-7(11)9(14)18(15,16)13-8-6(4-10)2-3-17-8/h2-3,5,13H,11H2,1H3. The number of sulfonamides is 1. The second-order valence-electron chi connectivity index (χ2n) is 3.43. The second-order valence-corrected chi connectivity index (χ2v) is 5.94. The molecule has 94 valence electrons. The van der Waals surface area contributed by atoms with Gasteiger partial charge in [0.1, 0.15) is 11.1 Å². The number of nitrogens with two attached hydrogens (primary N) is 1. The third-order valence-electron chi connectivity index (χ3n) is 2.18. The minimum atomic E-state index is -3.85. The van der Waals surface area contributed by atoms with Gasteiger partial charge >= 0.3 is 0 Å². The van der Waals surface area contributed by atoms with Crippen LogP contribution in [-0.4, -0.2) is 18.0 Å². The van der Waals surface area contributed by atoms with Crippen molar-refractivity contribution >= 4 is 32.2 Å². The number of anilines is 2. The summed E-state index contributed by atoms with van der Waals surface area (Å²) in [6.07, 6.45) is 1.31. The highest BCUT2D eigenvalue weighted by Crippen LogP contribution is 2.26. The van der Waals surface area contributed by atoms with Gasteiger partial charge in [-0.1, -0.05) is 0 Å². The summed E-state index contributed by atoms with van der Waals surface area (Å²) in [5.74, 6) is -0.0833. The fourth-order valence-corrected chi connectivity index (χ4v) is 3.72. The number of nitrogens with one attached hydrogen (secondary N) is 1. The molecule has 0 aliphatic heterocycles. The van der Waals surface area contributed by atoms with Gasteiger partial charge in [-0.05, 0) is 11.4 Å². The molecule has 2 heterocycles. The predicted molar refractivity (Wildman–Crippen MR) is 67.5 cm³/mol. The molecule has 0 spiro atoms. The van der Waals surface area contributed by atoms with Crippen LogP contribution in [0.15, 0.2) is 22.8 Å². The van der Waals surface area contributed by atoms with Gasteiger partial charge in [0.2, 0.25) is 0 Å². The van der Waals surface area contributed by atoms with Gasteiger partial charge in [0, 0.05) is 7.05 Å². The largest absolute Gasteiger partial charge is 0.381 e. The number of hydrogen-bond donors (Lipinski definition) is 2. The smallest absolute Gasteiger partial charge is 0.282 e. The Morgan fingerprint density at radius 1 is 1.61 bits per heavy atom. The summed E-state index contributed by atoms with van der Waals surface area (Å²) in [7, 11) is -2.32. The molecule has 0 saturated carbocycles. The Kier molecular flexibility index (Phi) is 2.98. The first-order chi connectivity index (χ1) is 8.45. The first-order valence-electron chi connectivity index (χ1n) is 4.73. The molecule has 9 heteroatoms. The van der Waals surface area contributed by atoms with Crippen LogP contribution in [0.2, 0.25) is 0 Å². The van der Waals surface area contributed by atoms with E-state index < -0.39 is 10.0 Å². The zero-order valence-corrected chi connectivity index (χ0v) is 10.9. The average Bonchev–Trinajstić information content (AvgIpc) is 2.85. The van der Waals surface area contributed by atoms with Crippen LogP contribution in [0, 0.1) is 11.3 Å². The zero-order chi connectivity index (χ0) is 13.3. The van der Waals surface area contributed by atoms with Gasteiger partial charge < -0.3 is 10.3 Å². The molecule has 0 radical (unpaired) electrons. The van der Waals surface area contributed by atoms with Crippen molar-refractivity contribution in [1.29, 1.82) is 5.26 Å². The first kappa shape index (κ1) is 12.4. The number of hydrogen-bond acceptors (Lipinski definition) is 6. The van der Waals surface area contributed by atoms with Gasteiger partial charge in [-0.3, -0.25) is 4.72 Å². The van der Waals surface area contributed by atoms with E-state index in [1.54, 1.807) is 5.38 Å². The second kappa shape index (κ2) is 4.32. The van der Waals surface area contributed by atoms with Crippen LogP contribution in [0.3, 0.4) is 0 Å². The lowest BCUT2D eigenvalue weighted by Crippen LogP contribution is -2.17. The molecule has 0 unspecified atom stereocenters. The lowest BCUT2D eigenvalue weighted by atomic mass is 10.4. The molecule has 0 atom stereocenters. The number of thiophene rings is 1. The summed E-state index contributed by atoms with van der Waals surface area (Å²) < 4.78 is 27.9. The predicted octanol–water partition coefficient (Wildman–Crippen LogP) is 0.736. The van der Waals surface area contributed by atoms with Crippen LogP contribution >= 0.6 is 11.3 Å². The van der Waals surface area contributed by atoms with Crippen LogP contribution in [-0.2, 0) is 17.1 Å². The molecule has 0 amide bonds. The van der Waals surface area contributed by atoms with Crippen molar-refractivity contribution in [2.24, 2.45) is 7.05 Å². The lowest BCUT2D eigenvalue weighted by molar-refractivity contribution is 0.592. The van der Waals surface area contributed by atoms with E-state index in [-0.39, 0.29) is 21.4 Å². The number of nitriles is 1. The number of aryl methyl sites for hydroxylation is 1. The quantitative estimate of drug-likeness (QED) is 0.862. The Bertz CT molecular complexity index is 703. The number of nitrogens with zero attached hydrogens (tertiary/aromatic N) is 3. The monoisotopic (exact) mass is 283 g/mol. The van der Waals surface area contributed by atoms with Crippen molar-refractivity contribution in [3.8, 4) is 6.07 Å². The Hall–Kier alpha value is -2.05. The maximum Gasteiger partial charge on any atom is 0.282 e. The SMILES string of the molecule is Cn1cnc(N)c1S(=O)(=O)Nc1sccc1C#N. The zero-order valence-electron chi connectivity index (χ0n) is 9.28. The molecular formula is C9H9N5O2S2. The van der Waals surface area contributed by atoms with Crippen LogP contribution in [0.5, 0.6) is 0 Å². The summed E-state index contributed by atoms with van der Waals surface area (Å²) in [5, 5.41) is 10.6. The van der Waals surface area contributed by atoms with E-state index in [4.69, 9.17) is 11.0 Å². The molecule has 2 rings (SSSR count). The lowest BCUT2D eigenvalue weighted by Gasteiger charge is -2.07. The highest BCUT2D eigenvalue weighted by atomic mass is 32.2. The Balaban J connectivity index is 2.43. The van der Waals surface area contributed by atoms with Gasteiger partial charge in [-0.2, -0.15) is 13.7 Å². The van der Waals surface area contributed by atoms with Crippen LogP contribution in [0.1, 0.15) is 5.56 Å². The third-order valence-corrected chi connectivity index (χ3v) is 4.61. The van der Waals surface area contributed by atoms with Crippen LogP contribution in [0.4, 0.5) is 10.8 Å². The van der Waals surface area contributed by atoms with Gasteiger partial charge in [0.05, 0.1) is 11.9 Å². The Morgan fingerprint density at radius 2 is 2.33 bits per heavy atom. The van der Waals surface area contributed by atoms with E-state index >= 15 is 0 Å². The van der Waals surface area contributed by atoms with Gasteiger partial charge in [-0.15, -0.1) is 11.3 Å². The minimum absolute atomic E-state index is 0.0833. The molecule has 0 saturated heterocycles. The van der Waals surface area contributed by atoms with Crippen molar-refractivity contribution in [2.45, 2.75) is 5.03 Å². The molecule has 0 aliphatic carbocycles. The van der Waals surface area contributed by atoms with Crippen LogP contribution < -0.4 is 10.5 Å². The summed E-state index contributed by atoms with van der Waals surface area (Å²) in [6.45, 7) is 0. The summed E-state index contributed by atoms with van der Waals surface area (Å²) >= 11 is 1.13. The van der Waals surface area contributed by atoms with E-state index in [1.165, 1.54) is 24.0 Å². The number of imidazole rings is 1. The van der Waals surface area contributed by atoms with Gasteiger partial charge in [-0.25, -0.2) is 4.98 Å². The van der Waals surface area contributed by atoms with Gasteiger partial charge in [0.15, 0.2) is 10.8 Å². The molecule has 2 aromatic rings. The van der Waals surface area contributed by atoms with E-state index in [2.05, 4.69) is 9.71 Å². The molecule has 3 N–H and O–H groups in total. The molecular weight excluding hydrogens is 274 g/mol. The minimum Gasteiger partial charge on any atom is -0.381 e. The van der Waals surface area contributed by atoms with Crippen LogP contribution in [0.25, 0.3) is 0 Å². The molecule has 0 aromatic carbocycles. The fourth-order valence-electron chi connectivity index (χ4n) is 1.41. The summed E-state index contributed by atoms with van der Waals surface area (Å²) in [4.78, 5) is 3.71. The highest BCUT2D eigenvalue weighted by Gasteiger charge is 2.23. The summed E-state index contributed by atoms with van der Waals surface area (Å²) in [5.41, 5.74) is 5.78. The fraction of sp³-hybridized carbons (Fsp3) is 0.111. The van der Waals surface area contributed by atoms with Crippen molar-refractivity contribution in [1.82, 2.24) is 9.55 Å².